The van der Waals surface area contributed by atoms with Gasteiger partial charge in [-0.25, -0.2) is 8.42 Å². The lowest BCUT2D eigenvalue weighted by molar-refractivity contribution is 0.310. The highest BCUT2D eigenvalue weighted by Gasteiger charge is 2.30. The predicted octanol–water partition coefficient (Wildman–Crippen LogP) is 2.40. The van der Waals surface area contributed by atoms with E-state index < -0.39 is 10.0 Å². The first kappa shape index (κ1) is 17.0. The normalized spacial score (nSPS) is 20.9. The zero-order valence-electron chi connectivity index (χ0n) is 10.3. The van der Waals surface area contributed by atoms with E-state index in [2.05, 4.69) is 5.32 Å². The number of piperazine rings is 1. The Morgan fingerprint density at radius 2 is 2.05 bits per heavy atom. The van der Waals surface area contributed by atoms with E-state index in [-0.39, 0.29) is 33.4 Å². The number of nitrogens with one attached hydrogen (secondary N) is 1. The maximum atomic E-state index is 12.5. The fraction of sp³-hybridized carbons (Fsp3) is 0.455. The second-order valence-electron chi connectivity index (χ2n) is 4.27. The molecule has 4 nitrogen and oxygen atoms in total. The third kappa shape index (κ3) is 3.54. The molecule has 1 atom stereocenters. The van der Waals surface area contributed by atoms with Gasteiger partial charge in [0, 0.05) is 25.7 Å². The number of sulfonamides is 1. The van der Waals surface area contributed by atoms with Gasteiger partial charge in [0.15, 0.2) is 0 Å². The van der Waals surface area contributed by atoms with Gasteiger partial charge in [0.25, 0.3) is 0 Å². The molecule has 19 heavy (non-hydrogen) atoms. The van der Waals surface area contributed by atoms with Crippen molar-refractivity contribution in [2.45, 2.75) is 17.9 Å². The highest BCUT2D eigenvalue weighted by Crippen LogP contribution is 2.31. The quantitative estimate of drug-likeness (QED) is 0.895. The second-order valence-corrected chi connectivity index (χ2v) is 6.96. The van der Waals surface area contributed by atoms with Crippen LogP contribution in [0.25, 0.3) is 0 Å². The average Bonchev–Trinajstić information content (AvgIpc) is 2.32. The van der Waals surface area contributed by atoms with Gasteiger partial charge in [-0.05, 0) is 19.1 Å². The van der Waals surface area contributed by atoms with E-state index >= 15 is 0 Å². The van der Waals surface area contributed by atoms with Gasteiger partial charge < -0.3 is 5.32 Å². The van der Waals surface area contributed by atoms with Crippen molar-refractivity contribution in [3.05, 3.63) is 28.2 Å². The van der Waals surface area contributed by atoms with Gasteiger partial charge in [-0.15, -0.1) is 12.4 Å². The van der Waals surface area contributed by atoms with Gasteiger partial charge in [0.05, 0.1) is 10.0 Å². The smallest absolute Gasteiger partial charge is 0.244 e. The molecular weight excluding hydrogens is 331 g/mol. The Hall–Kier alpha value is -0.0400. The molecule has 1 aromatic rings. The number of hydrogen-bond donors (Lipinski definition) is 1. The van der Waals surface area contributed by atoms with Crippen LogP contribution in [0.5, 0.6) is 0 Å². The van der Waals surface area contributed by atoms with E-state index in [1.807, 2.05) is 6.92 Å². The first-order valence-electron chi connectivity index (χ1n) is 5.60. The molecule has 1 fully saturated rings. The van der Waals surface area contributed by atoms with Gasteiger partial charge in [-0.1, -0.05) is 29.3 Å². The number of nitrogens with zero attached hydrogens (tertiary/aromatic N) is 1. The largest absolute Gasteiger partial charge is 0.312 e. The molecule has 0 amide bonds. The SMILES string of the molecule is C[C@H]1CN(S(=O)(=O)c2cccc(Cl)c2Cl)CCN1.Cl. The molecule has 1 aliphatic rings. The Morgan fingerprint density at radius 1 is 1.37 bits per heavy atom. The number of halogens is 3. The van der Waals surface area contributed by atoms with Crippen LogP contribution in [0, 0.1) is 0 Å². The summed E-state index contributed by atoms with van der Waals surface area (Å²) in [6.45, 7) is 3.46. The van der Waals surface area contributed by atoms with E-state index in [1.165, 1.54) is 10.4 Å². The van der Waals surface area contributed by atoms with E-state index in [9.17, 15) is 8.42 Å². The van der Waals surface area contributed by atoms with Crippen LogP contribution in [-0.4, -0.2) is 38.4 Å². The van der Waals surface area contributed by atoms with E-state index in [0.717, 1.165) is 0 Å². The van der Waals surface area contributed by atoms with Crippen LogP contribution in [0.1, 0.15) is 6.92 Å². The van der Waals surface area contributed by atoms with E-state index in [4.69, 9.17) is 23.2 Å². The Balaban J connectivity index is 0.00000180. The third-order valence-corrected chi connectivity index (χ3v) is 5.70. The lowest BCUT2D eigenvalue weighted by atomic mass is 10.3. The van der Waals surface area contributed by atoms with Crippen molar-refractivity contribution in [3.8, 4) is 0 Å². The molecular formula is C11H15Cl3N2O2S. The number of rotatable bonds is 2. The fourth-order valence-corrected chi connectivity index (χ4v) is 4.20. The molecule has 1 aliphatic heterocycles. The highest BCUT2D eigenvalue weighted by atomic mass is 35.5. The number of hydrogen-bond acceptors (Lipinski definition) is 3. The first-order valence-corrected chi connectivity index (χ1v) is 7.80. The molecule has 0 aliphatic carbocycles. The Kier molecular flexibility index (Phi) is 5.92. The van der Waals surface area contributed by atoms with Crippen molar-refractivity contribution in [1.82, 2.24) is 9.62 Å². The van der Waals surface area contributed by atoms with E-state index in [0.29, 0.717) is 19.6 Å². The van der Waals surface area contributed by atoms with Crippen LogP contribution in [0.4, 0.5) is 0 Å². The topological polar surface area (TPSA) is 49.4 Å². The number of benzene rings is 1. The summed E-state index contributed by atoms with van der Waals surface area (Å²) in [5, 5.41) is 3.54. The lowest BCUT2D eigenvalue weighted by Crippen LogP contribution is -2.51. The van der Waals surface area contributed by atoms with Gasteiger partial charge in [0.1, 0.15) is 4.90 Å². The Labute approximate surface area is 129 Å². The molecule has 0 spiro atoms. The molecule has 1 saturated heterocycles. The molecule has 0 unspecified atom stereocenters. The summed E-state index contributed by atoms with van der Waals surface area (Å²) in [5.74, 6) is 0. The molecule has 2 rings (SSSR count). The highest BCUT2D eigenvalue weighted by molar-refractivity contribution is 7.89. The van der Waals surface area contributed by atoms with Crippen molar-refractivity contribution in [3.63, 3.8) is 0 Å². The molecule has 1 aromatic carbocycles. The zero-order chi connectivity index (χ0) is 13.3. The molecule has 0 radical (unpaired) electrons. The van der Waals surface area contributed by atoms with Gasteiger partial charge >= 0.3 is 0 Å². The van der Waals surface area contributed by atoms with Crippen LogP contribution < -0.4 is 5.32 Å². The first-order chi connectivity index (χ1) is 8.43. The molecule has 0 aromatic heterocycles. The molecule has 0 saturated carbocycles. The Morgan fingerprint density at radius 3 is 2.68 bits per heavy atom. The summed E-state index contributed by atoms with van der Waals surface area (Å²) in [4.78, 5) is 0.0748. The van der Waals surface area contributed by atoms with Crippen LogP contribution in [-0.2, 0) is 10.0 Å². The second kappa shape index (κ2) is 6.61. The standard InChI is InChI=1S/C11H14Cl2N2O2S.ClH/c1-8-7-15(6-5-14-8)18(16,17)10-4-2-3-9(12)11(10)13;/h2-4,8,14H,5-7H2,1H3;1H/t8-;/m0./s1. The zero-order valence-corrected chi connectivity index (χ0v) is 13.4. The third-order valence-electron chi connectivity index (χ3n) is 2.87. The van der Waals surface area contributed by atoms with Crippen LogP contribution in [0.3, 0.4) is 0 Å². The summed E-state index contributed by atoms with van der Waals surface area (Å²) >= 11 is 11.8. The van der Waals surface area contributed by atoms with Crippen molar-refractivity contribution < 1.29 is 8.42 Å². The van der Waals surface area contributed by atoms with Crippen molar-refractivity contribution in [2.75, 3.05) is 19.6 Å². The van der Waals surface area contributed by atoms with Crippen molar-refractivity contribution in [1.29, 1.82) is 0 Å². The van der Waals surface area contributed by atoms with E-state index in [1.54, 1.807) is 12.1 Å². The molecule has 1 heterocycles. The lowest BCUT2D eigenvalue weighted by Gasteiger charge is -2.31. The minimum Gasteiger partial charge on any atom is -0.312 e. The van der Waals surface area contributed by atoms with Gasteiger partial charge in [-0.2, -0.15) is 4.31 Å². The Bertz CT molecular complexity index is 551. The molecule has 1 N–H and O–H groups in total. The average molecular weight is 346 g/mol. The maximum Gasteiger partial charge on any atom is 0.244 e. The molecule has 0 bridgehead atoms. The van der Waals surface area contributed by atoms with Crippen molar-refractivity contribution >= 4 is 45.6 Å². The molecule has 8 heteroatoms. The summed E-state index contributed by atoms with van der Waals surface area (Å²) in [6, 6.07) is 4.78. The molecule has 108 valence electrons. The minimum absolute atomic E-state index is 0. The van der Waals surface area contributed by atoms with Crippen LogP contribution in [0.2, 0.25) is 10.0 Å². The van der Waals surface area contributed by atoms with Crippen molar-refractivity contribution in [2.24, 2.45) is 0 Å². The summed E-state index contributed by atoms with van der Waals surface area (Å²) in [6.07, 6.45) is 0. The maximum absolute atomic E-state index is 12.5. The van der Waals surface area contributed by atoms with Crippen LogP contribution >= 0.6 is 35.6 Å². The van der Waals surface area contributed by atoms with Gasteiger partial charge in [0.2, 0.25) is 10.0 Å². The monoisotopic (exact) mass is 344 g/mol. The summed E-state index contributed by atoms with van der Waals surface area (Å²) < 4.78 is 26.4. The predicted molar refractivity (Wildman–Crippen MR) is 79.9 cm³/mol. The van der Waals surface area contributed by atoms with Crippen LogP contribution in [0.15, 0.2) is 23.1 Å². The van der Waals surface area contributed by atoms with Gasteiger partial charge in [-0.3, -0.25) is 0 Å². The minimum atomic E-state index is -3.57. The summed E-state index contributed by atoms with van der Waals surface area (Å²) in [7, 11) is -3.57. The fourth-order valence-electron chi connectivity index (χ4n) is 1.94. The summed E-state index contributed by atoms with van der Waals surface area (Å²) in [5.41, 5.74) is 0.